The average Bonchev–Trinajstić information content (AvgIpc) is 2.71. The van der Waals surface area contributed by atoms with Gasteiger partial charge in [0.2, 0.25) is 0 Å². The molecular weight excluding hydrogens is 248 g/mol. The molecule has 4 heteroatoms. The van der Waals surface area contributed by atoms with Crippen LogP contribution in [0.5, 0.6) is 5.75 Å². The topological polar surface area (TPSA) is 38.7 Å². The normalized spacial score (nSPS) is 27.4. The highest BCUT2D eigenvalue weighted by Crippen LogP contribution is 2.44. The fourth-order valence-electron chi connectivity index (χ4n) is 2.27. The van der Waals surface area contributed by atoms with Crippen LogP contribution in [-0.2, 0) is 10.3 Å². The average molecular weight is 268 g/mol. The van der Waals surface area contributed by atoms with Crippen LogP contribution in [0.1, 0.15) is 18.9 Å². The molecule has 2 rings (SSSR count). The van der Waals surface area contributed by atoms with Crippen LogP contribution in [0.25, 0.3) is 0 Å². The number of ether oxygens (including phenoxy) is 2. The minimum atomic E-state index is -0.756. The van der Waals surface area contributed by atoms with E-state index in [1.54, 1.807) is 18.9 Å². The van der Waals surface area contributed by atoms with E-state index in [0.717, 1.165) is 23.5 Å². The molecular formula is C14H20O3S. The summed E-state index contributed by atoms with van der Waals surface area (Å²) in [6, 6.07) is 7.75. The number of para-hydroxylation sites is 1. The van der Waals surface area contributed by atoms with E-state index in [1.807, 2.05) is 24.3 Å². The summed E-state index contributed by atoms with van der Waals surface area (Å²) < 4.78 is 10.7. The maximum atomic E-state index is 10.7. The molecule has 1 saturated heterocycles. The zero-order valence-corrected chi connectivity index (χ0v) is 11.7. The minimum Gasteiger partial charge on any atom is -0.491 e. The van der Waals surface area contributed by atoms with E-state index in [0.29, 0.717) is 18.5 Å². The highest BCUT2D eigenvalue weighted by Gasteiger charge is 2.39. The largest absolute Gasteiger partial charge is 0.491 e. The Hall–Kier alpha value is -0.710. The maximum Gasteiger partial charge on any atom is 0.125 e. The summed E-state index contributed by atoms with van der Waals surface area (Å²) >= 11 is 1.81. The molecule has 2 atom stereocenters. The second kappa shape index (κ2) is 5.95. The molecule has 0 aromatic heterocycles. The molecule has 0 aliphatic carbocycles. The quantitative estimate of drug-likeness (QED) is 0.832. The van der Waals surface area contributed by atoms with Crippen molar-refractivity contribution < 1.29 is 14.6 Å². The lowest BCUT2D eigenvalue weighted by Gasteiger charge is -2.25. The first-order valence-corrected chi connectivity index (χ1v) is 7.26. The smallest absolute Gasteiger partial charge is 0.125 e. The summed E-state index contributed by atoms with van der Waals surface area (Å²) in [5, 5.41) is 11.2. The van der Waals surface area contributed by atoms with Gasteiger partial charge < -0.3 is 14.6 Å². The van der Waals surface area contributed by atoms with Gasteiger partial charge in [-0.15, -0.1) is 0 Å². The number of hydrogen-bond donors (Lipinski definition) is 1. The van der Waals surface area contributed by atoms with E-state index in [2.05, 4.69) is 6.92 Å². The lowest BCUT2D eigenvalue weighted by atomic mass is 9.91. The van der Waals surface area contributed by atoms with Gasteiger partial charge in [-0.1, -0.05) is 25.1 Å². The van der Waals surface area contributed by atoms with Crippen LogP contribution < -0.4 is 4.74 Å². The van der Waals surface area contributed by atoms with Crippen molar-refractivity contribution in [3.05, 3.63) is 29.8 Å². The monoisotopic (exact) mass is 268 g/mol. The van der Waals surface area contributed by atoms with E-state index in [-0.39, 0.29) is 0 Å². The molecule has 100 valence electrons. The molecule has 0 spiro atoms. The summed E-state index contributed by atoms with van der Waals surface area (Å²) in [5.41, 5.74) is 0.145. The predicted molar refractivity (Wildman–Crippen MR) is 74.2 cm³/mol. The molecule has 1 N–H and O–H groups in total. The Morgan fingerprint density at radius 2 is 2.17 bits per heavy atom. The van der Waals surface area contributed by atoms with Crippen LogP contribution in [-0.4, -0.2) is 36.4 Å². The van der Waals surface area contributed by atoms with Crippen LogP contribution in [0.4, 0.5) is 0 Å². The second-order valence-corrected chi connectivity index (χ2v) is 6.12. The molecule has 0 amide bonds. The van der Waals surface area contributed by atoms with Crippen molar-refractivity contribution in [1.29, 1.82) is 0 Å². The number of benzene rings is 1. The second-order valence-electron chi connectivity index (χ2n) is 4.69. The lowest BCUT2D eigenvalue weighted by Crippen LogP contribution is -2.26. The Morgan fingerprint density at radius 1 is 1.39 bits per heavy atom. The molecule has 1 aromatic rings. The summed E-state index contributed by atoms with van der Waals surface area (Å²) in [6.45, 7) is 3.21. The van der Waals surface area contributed by atoms with E-state index in [1.165, 1.54) is 0 Å². The Kier molecular flexibility index (Phi) is 4.54. The molecule has 1 aliphatic rings. The van der Waals surface area contributed by atoms with Gasteiger partial charge in [-0.3, -0.25) is 0 Å². The molecule has 0 bridgehead atoms. The van der Waals surface area contributed by atoms with Crippen molar-refractivity contribution in [3.8, 4) is 5.75 Å². The molecule has 0 radical (unpaired) electrons. The van der Waals surface area contributed by atoms with Gasteiger partial charge in [0.25, 0.3) is 0 Å². The van der Waals surface area contributed by atoms with Crippen LogP contribution >= 0.6 is 11.8 Å². The lowest BCUT2D eigenvalue weighted by molar-refractivity contribution is 0.0563. The molecule has 1 aromatic carbocycles. The SMILES string of the molecule is COCCOc1ccccc1C1(O)CSC(C)C1. The van der Waals surface area contributed by atoms with Gasteiger partial charge in [0.15, 0.2) is 0 Å². The standard InChI is InChI=1S/C14H20O3S/c1-11-9-14(15,10-18-11)12-5-3-4-6-13(12)17-8-7-16-2/h3-6,11,15H,7-10H2,1-2H3. The van der Waals surface area contributed by atoms with Crippen molar-refractivity contribution in [3.63, 3.8) is 0 Å². The van der Waals surface area contributed by atoms with E-state index in [9.17, 15) is 5.11 Å². The van der Waals surface area contributed by atoms with Crippen LogP contribution in [0, 0.1) is 0 Å². The van der Waals surface area contributed by atoms with Gasteiger partial charge in [0.05, 0.1) is 6.61 Å². The number of hydrogen-bond acceptors (Lipinski definition) is 4. The predicted octanol–water partition coefficient (Wildman–Crippen LogP) is 2.42. The molecule has 2 unspecified atom stereocenters. The van der Waals surface area contributed by atoms with Gasteiger partial charge in [0, 0.05) is 23.7 Å². The molecule has 1 aliphatic heterocycles. The van der Waals surface area contributed by atoms with Gasteiger partial charge in [-0.05, 0) is 12.5 Å². The highest BCUT2D eigenvalue weighted by atomic mass is 32.2. The Bertz CT molecular complexity index is 396. The molecule has 3 nitrogen and oxygen atoms in total. The number of rotatable bonds is 5. The first kappa shape index (κ1) is 13.7. The van der Waals surface area contributed by atoms with Gasteiger partial charge in [-0.2, -0.15) is 11.8 Å². The molecule has 1 heterocycles. The van der Waals surface area contributed by atoms with Crippen molar-refractivity contribution in [2.45, 2.75) is 24.2 Å². The molecule has 0 saturated carbocycles. The van der Waals surface area contributed by atoms with Gasteiger partial charge in [-0.25, -0.2) is 0 Å². The molecule has 18 heavy (non-hydrogen) atoms. The highest BCUT2D eigenvalue weighted by molar-refractivity contribution is 8.00. The van der Waals surface area contributed by atoms with Crippen molar-refractivity contribution in [1.82, 2.24) is 0 Å². The Labute approximate surface area is 112 Å². The molecule has 1 fully saturated rings. The zero-order valence-electron chi connectivity index (χ0n) is 10.9. The third-order valence-electron chi connectivity index (χ3n) is 3.17. The van der Waals surface area contributed by atoms with E-state index >= 15 is 0 Å². The van der Waals surface area contributed by atoms with Crippen LogP contribution in [0.2, 0.25) is 0 Å². The zero-order chi connectivity index (χ0) is 13.0. The van der Waals surface area contributed by atoms with Gasteiger partial charge >= 0.3 is 0 Å². The summed E-state index contributed by atoms with van der Waals surface area (Å²) in [6.07, 6.45) is 0.780. The van der Waals surface area contributed by atoms with Crippen molar-refractivity contribution >= 4 is 11.8 Å². The van der Waals surface area contributed by atoms with Crippen LogP contribution in [0.3, 0.4) is 0 Å². The number of thioether (sulfide) groups is 1. The first-order valence-electron chi connectivity index (χ1n) is 6.21. The minimum absolute atomic E-state index is 0.488. The van der Waals surface area contributed by atoms with E-state index < -0.39 is 5.60 Å². The fraction of sp³-hybridized carbons (Fsp3) is 0.571. The Morgan fingerprint density at radius 3 is 2.83 bits per heavy atom. The van der Waals surface area contributed by atoms with Gasteiger partial charge in [0.1, 0.15) is 18.0 Å². The third kappa shape index (κ3) is 2.99. The number of methoxy groups -OCH3 is 1. The fourth-order valence-corrected chi connectivity index (χ4v) is 3.50. The van der Waals surface area contributed by atoms with E-state index in [4.69, 9.17) is 9.47 Å². The summed E-state index contributed by atoms with van der Waals surface area (Å²) in [5.74, 6) is 1.51. The van der Waals surface area contributed by atoms with Crippen molar-refractivity contribution in [2.75, 3.05) is 26.1 Å². The maximum absolute atomic E-state index is 10.7. The van der Waals surface area contributed by atoms with Crippen LogP contribution in [0.15, 0.2) is 24.3 Å². The summed E-state index contributed by atoms with van der Waals surface area (Å²) in [7, 11) is 1.65. The third-order valence-corrected chi connectivity index (χ3v) is 4.55. The first-order chi connectivity index (χ1) is 8.65. The summed E-state index contributed by atoms with van der Waals surface area (Å²) in [4.78, 5) is 0. The number of aliphatic hydroxyl groups is 1. The van der Waals surface area contributed by atoms with Crippen molar-refractivity contribution in [2.24, 2.45) is 0 Å². The Balaban J connectivity index is 2.16.